The van der Waals surface area contributed by atoms with Crippen LogP contribution in [0, 0.1) is 27.7 Å². The van der Waals surface area contributed by atoms with Crippen LogP contribution in [0.5, 0.6) is 0 Å². The van der Waals surface area contributed by atoms with E-state index in [1.54, 1.807) is 42.5 Å². The SMILES string of the molecule is Cc1ccc(S(=O)(=O)N(CC(=O)NC(C)c2ccc(C)c(C)c2)c2ccc(C)c(Cl)c2)cc1. The second-order valence-corrected chi connectivity index (χ2v) is 10.7. The van der Waals surface area contributed by atoms with Crippen molar-refractivity contribution >= 4 is 33.2 Å². The van der Waals surface area contributed by atoms with Crippen LogP contribution < -0.4 is 9.62 Å². The number of carbonyl (C=O) groups excluding carboxylic acids is 1. The Morgan fingerprint density at radius 3 is 2.15 bits per heavy atom. The van der Waals surface area contributed by atoms with Gasteiger partial charge in [-0.05, 0) is 81.1 Å². The maximum absolute atomic E-state index is 13.5. The van der Waals surface area contributed by atoms with Gasteiger partial charge in [0.25, 0.3) is 10.0 Å². The Hall–Kier alpha value is -2.83. The number of hydrogen-bond acceptors (Lipinski definition) is 3. The molecule has 0 aliphatic heterocycles. The fraction of sp³-hybridized carbons (Fsp3) is 0.269. The highest BCUT2D eigenvalue weighted by Gasteiger charge is 2.28. The van der Waals surface area contributed by atoms with Crippen LogP contribution >= 0.6 is 11.6 Å². The fourth-order valence-corrected chi connectivity index (χ4v) is 5.01. The molecule has 3 aromatic rings. The molecular weight excluding hydrogens is 456 g/mol. The summed E-state index contributed by atoms with van der Waals surface area (Å²) in [6.45, 7) is 9.28. The first-order valence-corrected chi connectivity index (χ1v) is 12.5. The summed E-state index contributed by atoms with van der Waals surface area (Å²) < 4.78 is 28.1. The minimum Gasteiger partial charge on any atom is -0.348 e. The second-order valence-electron chi connectivity index (χ2n) is 8.39. The fourth-order valence-electron chi connectivity index (χ4n) is 3.42. The molecular formula is C26H29ClN2O3S. The van der Waals surface area contributed by atoms with E-state index in [1.165, 1.54) is 5.56 Å². The Morgan fingerprint density at radius 2 is 1.55 bits per heavy atom. The Morgan fingerprint density at radius 1 is 0.909 bits per heavy atom. The van der Waals surface area contributed by atoms with Crippen molar-refractivity contribution in [2.75, 3.05) is 10.8 Å². The number of halogens is 1. The van der Waals surface area contributed by atoms with Crippen molar-refractivity contribution in [2.24, 2.45) is 0 Å². The highest BCUT2D eigenvalue weighted by atomic mass is 35.5. The lowest BCUT2D eigenvalue weighted by Crippen LogP contribution is -2.41. The third-order valence-electron chi connectivity index (χ3n) is 5.75. The predicted molar refractivity (Wildman–Crippen MR) is 134 cm³/mol. The van der Waals surface area contributed by atoms with E-state index in [1.807, 2.05) is 52.8 Å². The second kappa shape index (κ2) is 9.98. The van der Waals surface area contributed by atoms with E-state index in [2.05, 4.69) is 5.32 Å². The molecule has 1 atom stereocenters. The minimum absolute atomic E-state index is 0.111. The molecule has 0 fully saturated rings. The van der Waals surface area contributed by atoms with E-state index < -0.39 is 15.9 Å². The summed E-state index contributed by atoms with van der Waals surface area (Å²) in [5.41, 5.74) is 5.35. The maximum Gasteiger partial charge on any atom is 0.264 e. The Labute approximate surface area is 201 Å². The van der Waals surface area contributed by atoms with Gasteiger partial charge in [0, 0.05) is 5.02 Å². The first-order chi connectivity index (χ1) is 15.5. The van der Waals surface area contributed by atoms with Gasteiger partial charge in [0.1, 0.15) is 6.54 Å². The molecule has 0 aliphatic rings. The summed E-state index contributed by atoms with van der Waals surface area (Å²) in [5, 5.41) is 3.35. The summed E-state index contributed by atoms with van der Waals surface area (Å²) in [6, 6.07) is 17.3. The zero-order valence-electron chi connectivity index (χ0n) is 19.5. The van der Waals surface area contributed by atoms with Crippen molar-refractivity contribution in [3.63, 3.8) is 0 Å². The van der Waals surface area contributed by atoms with Crippen molar-refractivity contribution in [1.29, 1.82) is 0 Å². The average Bonchev–Trinajstić information content (AvgIpc) is 2.76. The maximum atomic E-state index is 13.5. The monoisotopic (exact) mass is 484 g/mol. The van der Waals surface area contributed by atoms with E-state index in [4.69, 9.17) is 11.6 Å². The number of sulfonamides is 1. The molecule has 0 aromatic heterocycles. The Bertz CT molecular complexity index is 1270. The van der Waals surface area contributed by atoms with Crippen LogP contribution in [0.4, 0.5) is 5.69 Å². The summed E-state index contributed by atoms with van der Waals surface area (Å²) in [5.74, 6) is -0.409. The number of aryl methyl sites for hydroxylation is 4. The molecule has 0 bridgehead atoms. The number of benzene rings is 3. The molecule has 0 spiro atoms. The van der Waals surface area contributed by atoms with Gasteiger partial charge in [-0.1, -0.05) is 53.6 Å². The molecule has 3 aromatic carbocycles. The summed E-state index contributed by atoms with van der Waals surface area (Å²) in [4.78, 5) is 13.1. The summed E-state index contributed by atoms with van der Waals surface area (Å²) in [7, 11) is -3.99. The van der Waals surface area contributed by atoms with E-state index in [0.29, 0.717) is 10.7 Å². The minimum atomic E-state index is -3.99. The third kappa shape index (κ3) is 5.75. The van der Waals surface area contributed by atoms with Crippen LogP contribution in [0.15, 0.2) is 65.6 Å². The standard InChI is InChI=1S/C26H29ClN2O3S/c1-17-6-12-24(13-7-17)33(31,32)29(23-11-9-19(3)25(27)15-23)16-26(30)28-21(5)22-10-8-18(2)20(4)14-22/h6-15,21H,16H2,1-5H3,(H,28,30). The lowest BCUT2D eigenvalue weighted by atomic mass is 10.0. The predicted octanol–water partition coefficient (Wildman–Crippen LogP) is 5.65. The van der Waals surface area contributed by atoms with Crippen LogP contribution in [0.2, 0.25) is 5.02 Å². The van der Waals surface area contributed by atoms with E-state index in [0.717, 1.165) is 26.6 Å². The molecule has 0 heterocycles. The van der Waals surface area contributed by atoms with Crippen molar-refractivity contribution < 1.29 is 13.2 Å². The van der Waals surface area contributed by atoms with Crippen LogP contribution in [0.1, 0.15) is 40.8 Å². The number of anilines is 1. The van der Waals surface area contributed by atoms with E-state index >= 15 is 0 Å². The lowest BCUT2D eigenvalue weighted by Gasteiger charge is -2.25. The molecule has 0 radical (unpaired) electrons. The first-order valence-electron chi connectivity index (χ1n) is 10.7. The highest BCUT2D eigenvalue weighted by molar-refractivity contribution is 7.92. The molecule has 1 amide bonds. The van der Waals surface area contributed by atoms with Gasteiger partial charge in [-0.2, -0.15) is 0 Å². The lowest BCUT2D eigenvalue weighted by molar-refractivity contribution is -0.120. The smallest absolute Gasteiger partial charge is 0.264 e. The van der Waals surface area contributed by atoms with Gasteiger partial charge in [0.05, 0.1) is 16.6 Å². The topological polar surface area (TPSA) is 66.5 Å². The van der Waals surface area contributed by atoms with Crippen LogP contribution in [0.25, 0.3) is 0 Å². The van der Waals surface area contributed by atoms with Gasteiger partial charge >= 0.3 is 0 Å². The molecule has 0 aliphatic carbocycles. The number of rotatable bonds is 7. The number of carbonyl (C=O) groups is 1. The first kappa shape index (κ1) is 24.8. The number of nitrogens with zero attached hydrogens (tertiary/aromatic N) is 1. The third-order valence-corrected chi connectivity index (χ3v) is 7.94. The highest BCUT2D eigenvalue weighted by Crippen LogP contribution is 2.28. The number of amides is 1. The molecule has 1 N–H and O–H groups in total. The van der Waals surface area contributed by atoms with Crippen LogP contribution in [-0.4, -0.2) is 20.9 Å². The van der Waals surface area contributed by atoms with Crippen molar-refractivity contribution in [3.05, 3.63) is 93.5 Å². The summed E-state index contributed by atoms with van der Waals surface area (Å²) >= 11 is 6.28. The largest absolute Gasteiger partial charge is 0.348 e. The average molecular weight is 485 g/mol. The molecule has 3 rings (SSSR count). The number of hydrogen-bond donors (Lipinski definition) is 1. The molecule has 174 valence electrons. The molecule has 33 heavy (non-hydrogen) atoms. The van der Waals surface area contributed by atoms with Crippen molar-refractivity contribution in [1.82, 2.24) is 5.32 Å². The molecule has 0 saturated heterocycles. The van der Waals surface area contributed by atoms with E-state index in [9.17, 15) is 13.2 Å². The van der Waals surface area contributed by atoms with Gasteiger partial charge in [-0.3, -0.25) is 9.10 Å². The van der Waals surface area contributed by atoms with Crippen molar-refractivity contribution in [2.45, 2.75) is 45.6 Å². The molecule has 7 heteroatoms. The van der Waals surface area contributed by atoms with Gasteiger partial charge in [-0.25, -0.2) is 8.42 Å². The van der Waals surface area contributed by atoms with Crippen molar-refractivity contribution in [3.8, 4) is 0 Å². The van der Waals surface area contributed by atoms with Gasteiger partial charge < -0.3 is 5.32 Å². The number of nitrogens with one attached hydrogen (secondary N) is 1. The van der Waals surface area contributed by atoms with E-state index in [-0.39, 0.29) is 17.5 Å². The van der Waals surface area contributed by atoms with Gasteiger partial charge in [-0.15, -0.1) is 0 Å². The van der Waals surface area contributed by atoms with Gasteiger partial charge in [0.15, 0.2) is 0 Å². The van der Waals surface area contributed by atoms with Crippen LogP contribution in [0.3, 0.4) is 0 Å². The zero-order chi connectivity index (χ0) is 24.3. The summed E-state index contributed by atoms with van der Waals surface area (Å²) in [6.07, 6.45) is 0. The normalized spacial score (nSPS) is 12.3. The molecule has 0 saturated carbocycles. The zero-order valence-corrected chi connectivity index (χ0v) is 21.1. The quantitative estimate of drug-likeness (QED) is 0.471. The Kier molecular flexibility index (Phi) is 7.50. The molecule has 5 nitrogen and oxygen atoms in total. The Balaban J connectivity index is 1.92. The van der Waals surface area contributed by atoms with Crippen LogP contribution in [-0.2, 0) is 14.8 Å². The molecule has 1 unspecified atom stereocenters. The van der Waals surface area contributed by atoms with Gasteiger partial charge in [0.2, 0.25) is 5.91 Å².